The lowest BCUT2D eigenvalue weighted by Gasteiger charge is -2.18. The van der Waals surface area contributed by atoms with Crippen LogP contribution in [0.25, 0.3) is 0 Å². The second-order valence-electron chi connectivity index (χ2n) is 5.11. The van der Waals surface area contributed by atoms with E-state index in [1.54, 1.807) is 14.2 Å². The van der Waals surface area contributed by atoms with Gasteiger partial charge in [0, 0.05) is 5.92 Å². The average molecular weight is 314 g/mol. The summed E-state index contributed by atoms with van der Waals surface area (Å²) in [5.41, 5.74) is 2.09. The summed E-state index contributed by atoms with van der Waals surface area (Å²) in [4.78, 5) is 12.0. The molecule has 0 aliphatic rings. The quantitative estimate of drug-likeness (QED) is 0.729. The number of benzene rings is 2. The van der Waals surface area contributed by atoms with Crippen molar-refractivity contribution in [2.24, 2.45) is 0 Å². The summed E-state index contributed by atoms with van der Waals surface area (Å²) in [6.45, 7) is 2.20. The van der Waals surface area contributed by atoms with Crippen molar-refractivity contribution in [3.63, 3.8) is 0 Å². The molecule has 2 rings (SSSR count). The molecule has 23 heavy (non-hydrogen) atoms. The minimum atomic E-state index is -0.205. The summed E-state index contributed by atoms with van der Waals surface area (Å²) in [6.07, 6.45) is 0.298. The van der Waals surface area contributed by atoms with Gasteiger partial charge < -0.3 is 14.2 Å². The van der Waals surface area contributed by atoms with Crippen LogP contribution in [-0.2, 0) is 9.53 Å². The molecule has 0 fully saturated rings. The zero-order valence-electron chi connectivity index (χ0n) is 13.7. The van der Waals surface area contributed by atoms with Crippen LogP contribution in [-0.4, -0.2) is 26.8 Å². The van der Waals surface area contributed by atoms with Gasteiger partial charge in [-0.2, -0.15) is 0 Å². The molecule has 2 aromatic rings. The van der Waals surface area contributed by atoms with E-state index in [0.717, 1.165) is 22.6 Å². The van der Waals surface area contributed by atoms with Gasteiger partial charge in [-0.15, -0.1) is 0 Å². The van der Waals surface area contributed by atoms with Gasteiger partial charge >= 0.3 is 5.97 Å². The Kier molecular flexibility index (Phi) is 6.03. The molecule has 0 saturated carbocycles. The first kappa shape index (κ1) is 16.9. The molecule has 0 unspecified atom stereocenters. The minimum Gasteiger partial charge on any atom is -0.497 e. The molecule has 0 amide bonds. The Morgan fingerprint density at radius 3 is 1.65 bits per heavy atom. The maximum atomic E-state index is 12.0. The molecule has 122 valence electrons. The van der Waals surface area contributed by atoms with E-state index in [1.807, 2.05) is 55.5 Å². The molecule has 0 heterocycles. The normalized spacial score (nSPS) is 10.4. The van der Waals surface area contributed by atoms with Gasteiger partial charge in [-0.25, -0.2) is 0 Å². The smallest absolute Gasteiger partial charge is 0.306 e. The number of carbonyl (C=O) groups is 1. The number of esters is 1. The molecule has 0 radical (unpaired) electrons. The van der Waals surface area contributed by atoms with Crippen molar-refractivity contribution in [2.75, 3.05) is 20.8 Å². The number of hydrogen-bond acceptors (Lipinski definition) is 4. The zero-order chi connectivity index (χ0) is 16.7. The molecule has 0 spiro atoms. The number of ether oxygens (including phenoxy) is 3. The van der Waals surface area contributed by atoms with Gasteiger partial charge in [0.1, 0.15) is 11.5 Å². The molecule has 0 saturated heterocycles. The lowest BCUT2D eigenvalue weighted by atomic mass is 9.88. The predicted molar refractivity (Wildman–Crippen MR) is 89.1 cm³/mol. The van der Waals surface area contributed by atoms with E-state index >= 15 is 0 Å². The number of rotatable bonds is 7. The van der Waals surface area contributed by atoms with Crippen molar-refractivity contribution in [3.8, 4) is 11.5 Å². The molecule has 0 aliphatic carbocycles. The Morgan fingerprint density at radius 2 is 1.30 bits per heavy atom. The predicted octanol–water partition coefficient (Wildman–Crippen LogP) is 3.79. The van der Waals surface area contributed by atoms with Crippen LogP contribution in [0.15, 0.2) is 48.5 Å². The molecule has 0 aliphatic heterocycles. The second-order valence-corrected chi connectivity index (χ2v) is 5.11. The Balaban J connectivity index is 2.30. The van der Waals surface area contributed by atoms with Crippen molar-refractivity contribution in [3.05, 3.63) is 59.7 Å². The van der Waals surface area contributed by atoms with Crippen LogP contribution in [0.5, 0.6) is 11.5 Å². The first-order chi connectivity index (χ1) is 11.2. The number of methoxy groups -OCH3 is 2. The first-order valence-electron chi connectivity index (χ1n) is 7.61. The standard InChI is InChI=1S/C19H22O4/c1-4-23-19(20)13-18(14-5-9-16(21-2)10-6-14)15-7-11-17(22-3)12-8-15/h5-12,18H,4,13H2,1-3H3. The molecular weight excluding hydrogens is 292 g/mol. The van der Waals surface area contributed by atoms with Crippen LogP contribution in [0.3, 0.4) is 0 Å². The number of carbonyl (C=O) groups excluding carboxylic acids is 1. The monoisotopic (exact) mass is 314 g/mol. The lowest BCUT2D eigenvalue weighted by Crippen LogP contribution is -2.11. The average Bonchev–Trinajstić information content (AvgIpc) is 2.60. The highest BCUT2D eigenvalue weighted by atomic mass is 16.5. The second kappa shape index (κ2) is 8.22. The minimum absolute atomic E-state index is 0.0640. The maximum absolute atomic E-state index is 12.0. The molecule has 0 N–H and O–H groups in total. The largest absolute Gasteiger partial charge is 0.497 e. The van der Waals surface area contributed by atoms with E-state index in [-0.39, 0.29) is 11.9 Å². The highest BCUT2D eigenvalue weighted by Crippen LogP contribution is 2.30. The first-order valence-corrected chi connectivity index (χ1v) is 7.61. The van der Waals surface area contributed by atoms with Crippen molar-refractivity contribution < 1.29 is 19.0 Å². The summed E-state index contributed by atoms with van der Waals surface area (Å²) in [7, 11) is 3.27. The Morgan fingerprint density at radius 1 is 0.870 bits per heavy atom. The van der Waals surface area contributed by atoms with Gasteiger partial charge in [0.2, 0.25) is 0 Å². The summed E-state index contributed by atoms with van der Waals surface area (Å²) < 4.78 is 15.5. The highest BCUT2D eigenvalue weighted by molar-refractivity contribution is 5.71. The van der Waals surface area contributed by atoms with Crippen LogP contribution in [0, 0.1) is 0 Å². The van der Waals surface area contributed by atoms with Gasteiger partial charge in [-0.3, -0.25) is 4.79 Å². The van der Waals surface area contributed by atoms with Crippen LogP contribution in [0.1, 0.15) is 30.4 Å². The zero-order valence-corrected chi connectivity index (χ0v) is 13.7. The third-order valence-corrected chi connectivity index (χ3v) is 3.71. The fraction of sp³-hybridized carbons (Fsp3) is 0.316. The maximum Gasteiger partial charge on any atom is 0.306 e. The Hall–Kier alpha value is -2.49. The van der Waals surface area contributed by atoms with Crippen molar-refractivity contribution in [1.82, 2.24) is 0 Å². The summed E-state index contributed by atoms with van der Waals surface area (Å²) >= 11 is 0. The third kappa shape index (κ3) is 4.49. The number of hydrogen-bond donors (Lipinski definition) is 0. The van der Waals surface area contributed by atoms with E-state index < -0.39 is 0 Å². The molecule has 4 heteroatoms. The van der Waals surface area contributed by atoms with Gasteiger partial charge in [-0.1, -0.05) is 24.3 Å². The van der Waals surface area contributed by atoms with Gasteiger partial charge in [0.05, 0.1) is 27.2 Å². The van der Waals surface area contributed by atoms with E-state index in [1.165, 1.54) is 0 Å². The fourth-order valence-corrected chi connectivity index (χ4v) is 2.49. The van der Waals surface area contributed by atoms with Crippen molar-refractivity contribution in [2.45, 2.75) is 19.3 Å². The highest BCUT2D eigenvalue weighted by Gasteiger charge is 2.19. The van der Waals surface area contributed by atoms with E-state index in [4.69, 9.17) is 14.2 Å². The fourth-order valence-electron chi connectivity index (χ4n) is 2.49. The van der Waals surface area contributed by atoms with E-state index in [0.29, 0.717) is 13.0 Å². The van der Waals surface area contributed by atoms with Crippen molar-refractivity contribution >= 4 is 5.97 Å². The van der Waals surface area contributed by atoms with E-state index in [9.17, 15) is 4.79 Å². The Bertz CT molecular complexity index is 569. The molecule has 4 nitrogen and oxygen atoms in total. The molecule has 0 atom stereocenters. The Labute approximate surface area is 137 Å². The van der Waals surface area contributed by atoms with Crippen LogP contribution < -0.4 is 9.47 Å². The molecule has 0 bridgehead atoms. The lowest BCUT2D eigenvalue weighted by molar-refractivity contribution is -0.143. The molecule has 2 aromatic carbocycles. The van der Waals surface area contributed by atoms with Crippen LogP contribution in [0.4, 0.5) is 0 Å². The third-order valence-electron chi connectivity index (χ3n) is 3.71. The van der Waals surface area contributed by atoms with Gasteiger partial charge in [0.15, 0.2) is 0 Å². The topological polar surface area (TPSA) is 44.8 Å². The van der Waals surface area contributed by atoms with Gasteiger partial charge in [-0.05, 0) is 42.3 Å². The summed E-state index contributed by atoms with van der Waals surface area (Å²) in [5, 5.41) is 0. The van der Waals surface area contributed by atoms with Crippen molar-refractivity contribution in [1.29, 1.82) is 0 Å². The molecule has 0 aromatic heterocycles. The van der Waals surface area contributed by atoms with E-state index in [2.05, 4.69) is 0 Å². The van der Waals surface area contributed by atoms with Crippen LogP contribution in [0.2, 0.25) is 0 Å². The summed E-state index contributed by atoms with van der Waals surface area (Å²) in [5.74, 6) is 1.31. The summed E-state index contributed by atoms with van der Waals surface area (Å²) in [6, 6.07) is 15.5. The SMILES string of the molecule is CCOC(=O)CC(c1ccc(OC)cc1)c1ccc(OC)cc1. The molecular formula is C19H22O4. The van der Waals surface area contributed by atoms with Gasteiger partial charge in [0.25, 0.3) is 0 Å². The van der Waals surface area contributed by atoms with Crippen LogP contribution >= 0.6 is 0 Å².